The van der Waals surface area contributed by atoms with Crippen molar-refractivity contribution >= 4 is 25.3 Å². The molecular weight excluding hydrogens is 241 g/mol. The number of hydrogen-bond donors (Lipinski definition) is 1. The van der Waals surface area contributed by atoms with E-state index in [1.807, 2.05) is 18.2 Å². The van der Waals surface area contributed by atoms with Crippen LogP contribution in [-0.2, 0) is 4.79 Å². The zero-order valence-electron chi connectivity index (χ0n) is 7.90. The monoisotopic (exact) mass is 255 g/mol. The molecule has 0 spiro atoms. The molecule has 1 saturated heterocycles. The Kier molecular flexibility index (Phi) is 3.22. The summed E-state index contributed by atoms with van der Waals surface area (Å²) in [6.07, 6.45) is 2.19. The van der Waals surface area contributed by atoms with Crippen molar-refractivity contribution < 1.29 is 4.79 Å². The summed E-state index contributed by atoms with van der Waals surface area (Å²) in [5.74, 6) is 0.250. The van der Waals surface area contributed by atoms with E-state index < -0.39 is 0 Å². The number of carbonyl (C=O) groups excluding carboxylic acids is 1. The maximum atomic E-state index is 11.5. The quantitative estimate of drug-likeness (QED) is 0.774. The summed E-state index contributed by atoms with van der Waals surface area (Å²) < 4.78 is 1.32. The minimum atomic E-state index is 0.249. The molecule has 0 saturated carbocycles. The molecule has 1 unspecified atom stereocenters. The molecule has 1 aliphatic rings. The van der Waals surface area contributed by atoms with Crippen LogP contribution in [0.5, 0.6) is 0 Å². The Morgan fingerprint density at radius 2 is 2.07 bits per heavy atom. The van der Waals surface area contributed by atoms with Crippen molar-refractivity contribution in [3.8, 4) is 0 Å². The van der Waals surface area contributed by atoms with Gasteiger partial charge in [-0.3, -0.25) is 0 Å². The molecule has 1 aliphatic heterocycles. The Bertz CT molecular complexity index is 312. The van der Waals surface area contributed by atoms with E-state index in [9.17, 15) is 4.79 Å². The summed E-state index contributed by atoms with van der Waals surface area (Å²) in [5, 5.41) is 2.93. The molecule has 14 heavy (non-hydrogen) atoms. The van der Waals surface area contributed by atoms with Crippen LogP contribution in [0.25, 0.3) is 0 Å². The van der Waals surface area contributed by atoms with Gasteiger partial charge in [0.05, 0.1) is 0 Å². The van der Waals surface area contributed by atoms with Crippen LogP contribution >= 0.6 is 0 Å². The molecule has 1 N–H and O–H groups in total. The standard InChI is InChI=1S/C11H13NOSe/c13-11-10(7-4-8-12-11)14-9-5-2-1-3-6-9/h1-3,5-6,10H,4,7-8H2,(H,12,13). The molecule has 3 heteroatoms. The SMILES string of the molecule is O=C1NCCCC1[Se]c1ccccc1. The van der Waals surface area contributed by atoms with Gasteiger partial charge in [0.1, 0.15) is 0 Å². The third-order valence-electron chi connectivity index (χ3n) is 2.26. The fourth-order valence-electron chi connectivity index (χ4n) is 1.52. The summed E-state index contributed by atoms with van der Waals surface area (Å²) in [4.78, 5) is 11.8. The Morgan fingerprint density at radius 1 is 1.29 bits per heavy atom. The van der Waals surface area contributed by atoms with E-state index in [1.54, 1.807) is 0 Å². The second kappa shape index (κ2) is 4.63. The molecule has 0 radical (unpaired) electrons. The molecule has 0 bridgehead atoms. The normalized spacial score (nSPS) is 21.7. The van der Waals surface area contributed by atoms with Crippen LogP contribution in [0.2, 0.25) is 4.82 Å². The summed E-state index contributed by atoms with van der Waals surface area (Å²) in [6, 6.07) is 10.3. The second-order valence-corrected chi connectivity index (χ2v) is 6.03. The summed E-state index contributed by atoms with van der Waals surface area (Å²) >= 11 is 0.297. The molecule has 1 atom stereocenters. The number of piperidine rings is 1. The van der Waals surface area contributed by atoms with Crippen molar-refractivity contribution in [2.24, 2.45) is 0 Å². The predicted octanol–water partition coefficient (Wildman–Crippen LogP) is 0.715. The molecular formula is C11H13NOSe. The molecule has 0 aliphatic carbocycles. The number of benzene rings is 1. The van der Waals surface area contributed by atoms with Crippen LogP contribution in [0.15, 0.2) is 30.3 Å². The van der Waals surface area contributed by atoms with Gasteiger partial charge in [-0.15, -0.1) is 0 Å². The predicted molar refractivity (Wildman–Crippen MR) is 57.8 cm³/mol. The van der Waals surface area contributed by atoms with Gasteiger partial charge in [-0.1, -0.05) is 0 Å². The third-order valence-corrected chi connectivity index (χ3v) is 4.94. The number of nitrogens with one attached hydrogen (secondary N) is 1. The van der Waals surface area contributed by atoms with E-state index >= 15 is 0 Å². The first-order valence-electron chi connectivity index (χ1n) is 4.86. The van der Waals surface area contributed by atoms with Crippen molar-refractivity contribution in [3.05, 3.63) is 30.3 Å². The van der Waals surface area contributed by atoms with E-state index in [4.69, 9.17) is 0 Å². The molecule has 1 aromatic rings. The first kappa shape index (κ1) is 9.75. The molecule has 1 fully saturated rings. The van der Waals surface area contributed by atoms with Crippen molar-refractivity contribution in [1.82, 2.24) is 5.32 Å². The Hall–Kier alpha value is -0.791. The van der Waals surface area contributed by atoms with Crippen molar-refractivity contribution in [3.63, 3.8) is 0 Å². The van der Waals surface area contributed by atoms with Gasteiger partial charge in [-0.2, -0.15) is 0 Å². The van der Waals surface area contributed by atoms with Crippen LogP contribution in [-0.4, -0.2) is 27.4 Å². The summed E-state index contributed by atoms with van der Waals surface area (Å²) in [6.45, 7) is 0.861. The Morgan fingerprint density at radius 3 is 2.79 bits per heavy atom. The number of carbonyl (C=O) groups is 1. The third kappa shape index (κ3) is 2.37. The molecule has 1 aromatic carbocycles. The first-order valence-corrected chi connectivity index (χ1v) is 6.70. The second-order valence-electron chi connectivity index (χ2n) is 3.35. The van der Waals surface area contributed by atoms with Gasteiger partial charge in [-0.25, -0.2) is 0 Å². The van der Waals surface area contributed by atoms with Crippen LogP contribution in [0, 0.1) is 0 Å². The zero-order chi connectivity index (χ0) is 9.80. The van der Waals surface area contributed by atoms with E-state index in [1.165, 1.54) is 4.46 Å². The Balaban J connectivity index is 2.00. The van der Waals surface area contributed by atoms with E-state index in [0.29, 0.717) is 15.0 Å². The fraction of sp³-hybridized carbons (Fsp3) is 0.364. The average molecular weight is 254 g/mol. The molecule has 0 aromatic heterocycles. The molecule has 74 valence electrons. The fourth-order valence-corrected chi connectivity index (χ4v) is 3.86. The van der Waals surface area contributed by atoms with Crippen molar-refractivity contribution in [2.75, 3.05) is 6.54 Å². The summed E-state index contributed by atoms with van der Waals surface area (Å²) in [5.41, 5.74) is 0. The van der Waals surface area contributed by atoms with Crippen LogP contribution in [0.1, 0.15) is 12.8 Å². The van der Waals surface area contributed by atoms with Crippen molar-refractivity contribution in [2.45, 2.75) is 17.7 Å². The molecule has 1 heterocycles. The van der Waals surface area contributed by atoms with Gasteiger partial charge in [-0.05, 0) is 0 Å². The van der Waals surface area contributed by atoms with Crippen LogP contribution in [0.3, 0.4) is 0 Å². The van der Waals surface area contributed by atoms with Crippen LogP contribution < -0.4 is 9.78 Å². The topological polar surface area (TPSA) is 29.1 Å². The van der Waals surface area contributed by atoms with Gasteiger partial charge in [0.15, 0.2) is 0 Å². The number of hydrogen-bond acceptors (Lipinski definition) is 1. The summed E-state index contributed by atoms with van der Waals surface area (Å²) in [7, 11) is 0. The van der Waals surface area contributed by atoms with E-state index in [-0.39, 0.29) is 10.7 Å². The minimum absolute atomic E-state index is 0.249. The first-order chi connectivity index (χ1) is 6.86. The van der Waals surface area contributed by atoms with Gasteiger partial charge in [0, 0.05) is 0 Å². The van der Waals surface area contributed by atoms with Gasteiger partial charge in [0.2, 0.25) is 0 Å². The van der Waals surface area contributed by atoms with Gasteiger partial charge < -0.3 is 0 Å². The van der Waals surface area contributed by atoms with Crippen LogP contribution in [0.4, 0.5) is 0 Å². The zero-order valence-corrected chi connectivity index (χ0v) is 9.61. The number of rotatable bonds is 2. The van der Waals surface area contributed by atoms with E-state index in [2.05, 4.69) is 17.4 Å². The Labute approximate surface area is 90.2 Å². The molecule has 2 rings (SSSR count). The number of amides is 1. The average Bonchev–Trinajstić information content (AvgIpc) is 2.23. The molecule has 1 amide bonds. The van der Waals surface area contributed by atoms with Gasteiger partial charge in [0.25, 0.3) is 0 Å². The van der Waals surface area contributed by atoms with E-state index in [0.717, 1.165) is 19.4 Å². The molecule has 2 nitrogen and oxygen atoms in total. The van der Waals surface area contributed by atoms with Crippen molar-refractivity contribution in [1.29, 1.82) is 0 Å². The maximum absolute atomic E-state index is 11.5. The van der Waals surface area contributed by atoms with Gasteiger partial charge >= 0.3 is 90.0 Å².